The fraction of sp³-hybridized carbons (Fsp3) is 0.545. The third kappa shape index (κ3) is 1.98. The average molecular weight is 219 g/mol. The van der Waals surface area contributed by atoms with Gasteiger partial charge in [0.2, 0.25) is 0 Å². The van der Waals surface area contributed by atoms with Crippen LogP contribution in [0.1, 0.15) is 27.7 Å². The van der Waals surface area contributed by atoms with Gasteiger partial charge in [0.1, 0.15) is 11.8 Å². The summed E-state index contributed by atoms with van der Waals surface area (Å²) in [6.07, 6.45) is 3.17. The first-order valence-electron chi connectivity index (χ1n) is 5.39. The van der Waals surface area contributed by atoms with Gasteiger partial charge in [-0.3, -0.25) is 0 Å². The Bertz CT molecular complexity index is 482. The number of rotatable bonds is 2. The summed E-state index contributed by atoms with van der Waals surface area (Å²) in [5.74, 6) is 0.786. The van der Waals surface area contributed by atoms with E-state index in [-0.39, 0.29) is 5.41 Å². The average Bonchev–Trinajstić information content (AvgIpc) is 2.65. The molecule has 5 heteroatoms. The van der Waals surface area contributed by atoms with Gasteiger partial charge in [-0.05, 0) is 12.3 Å². The van der Waals surface area contributed by atoms with E-state index in [1.807, 2.05) is 0 Å². The van der Waals surface area contributed by atoms with Crippen LogP contribution in [0.2, 0.25) is 0 Å². The van der Waals surface area contributed by atoms with Gasteiger partial charge in [0, 0.05) is 6.04 Å². The molecule has 0 aromatic carbocycles. The Morgan fingerprint density at radius 1 is 1.25 bits per heavy atom. The smallest absolute Gasteiger partial charge is 0.162 e. The summed E-state index contributed by atoms with van der Waals surface area (Å²) in [6.45, 7) is 8.70. The van der Waals surface area contributed by atoms with Gasteiger partial charge in [-0.2, -0.15) is 0 Å². The molecule has 0 bridgehead atoms. The molecule has 2 rings (SSSR count). The fourth-order valence-electron chi connectivity index (χ4n) is 1.29. The molecule has 16 heavy (non-hydrogen) atoms. The van der Waals surface area contributed by atoms with Gasteiger partial charge >= 0.3 is 0 Å². The SMILES string of the molecule is C[C@@H](Nc1ncnc2[nH]cnc12)C(C)(C)C. The minimum absolute atomic E-state index is 0.174. The number of nitrogens with one attached hydrogen (secondary N) is 2. The highest BCUT2D eigenvalue weighted by atomic mass is 15.1. The van der Waals surface area contributed by atoms with E-state index < -0.39 is 0 Å². The molecule has 0 spiro atoms. The second kappa shape index (κ2) is 3.73. The summed E-state index contributed by atoms with van der Waals surface area (Å²) < 4.78 is 0. The molecular formula is C11H17N5. The number of aromatic amines is 1. The van der Waals surface area contributed by atoms with E-state index in [1.165, 1.54) is 6.33 Å². The second-order valence-electron chi connectivity index (χ2n) is 5.05. The minimum atomic E-state index is 0.174. The van der Waals surface area contributed by atoms with Gasteiger partial charge in [0.25, 0.3) is 0 Å². The lowest BCUT2D eigenvalue weighted by molar-refractivity contribution is 0.359. The fourth-order valence-corrected chi connectivity index (χ4v) is 1.29. The molecule has 2 aromatic rings. The molecular weight excluding hydrogens is 202 g/mol. The second-order valence-corrected chi connectivity index (χ2v) is 5.05. The molecule has 1 atom stereocenters. The highest BCUT2D eigenvalue weighted by Crippen LogP contribution is 2.24. The molecule has 0 saturated carbocycles. The van der Waals surface area contributed by atoms with E-state index in [0.717, 1.165) is 17.0 Å². The van der Waals surface area contributed by atoms with Crippen molar-refractivity contribution in [3.05, 3.63) is 12.7 Å². The van der Waals surface area contributed by atoms with E-state index in [2.05, 4.69) is 52.9 Å². The quantitative estimate of drug-likeness (QED) is 0.812. The van der Waals surface area contributed by atoms with E-state index in [4.69, 9.17) is 0 Å². The molecule has 0 radical (unpaired) electrons. The zero-order valence-electron chi connectivity index (χ0n) is 10.1. The van der Waals surface area contributed by atoms with Crippen LogP contribution in [0.25, 0.3) is 11.2 Å². The topological polar surface area (TPSA) is 66.5 Å². The van der Waals surface area contributed by atoms with Crippen molar-refractivity contribution in [2.45, 2.75) is 33.7 Å². The van der Waals surface area contributed by atoms with Crippen molar-refractivity contribution >= 4 is 17.0 Å². The molecule has 0 aliphatic carbocycles. The maximum absolute atomic E-state index is 4.23. The molecule has 0 fully saturated rings. The van der Waals surface area contributed by atoms with Gasteiger partial charge in [0.05, 0.1) is 6.33 Å². The van der Waals surface area contributed by atoms with E-state index in [0.29, 0.717) is 6.04 Å². The number of imidazole rings is 1. The number of H-pyrrole nitrogens is 1. The standard InChI is InChI=1S/C11H17N5/c1-7(11(2,3)4)16-10-8-9(13-5-12-8)14-6-15-10/h5-7H,1-4H3,(H2,12,13,14,15,16)/t7-/m1/s1. The van der Waals surface area contributed by atoms with Gasteiger partial charge in [-0.25, -0.2) is 15.0 Å². The molecule has 0 unspecified atom stereocenters. The van der Waals surface area contributed by atoms with E-state index >= 15 is 0 Å². The number of hydrogen-bond acceptors (Lipinski definition) is 4. The summed E-state index contributed by atoms with van der Waals surface area (Å²) in [5.41, 5.74) is 1.73. The Hall–Kier alpha value is -1.65. The maximum Gasteiger partial charge on any atom is 0.162 e. The maximum atomic E-state index is 4.23. The summed E-state index contributed by atoms with van der Waals surface area (Å²) in [5, 5.41) is 3.38. The van der Waals surface area contributed by atoms with Crippen LogP contribution in [-0.4, -0.2) is 26.0 Å². The van der Waals surface area contributed by atoms with Crippen LogP contribution in [0.5, 0.6) is 0 Å². The van der Waals surface area contributed by atoms with Gasteiger partial charge in [-0.15, -0.1) is 0 Å². The number of hydrogen-bond donors (Lipinski definition) is 2. The van der Waals surface area contributed by atoms with Crippen molar-refractivity contribution in [1.29, 1.82) is 0 Å². The van der Waals surface area contributed by atoms with Crippen molar-refractivity contribution < 1.29 is 0 Å². The summed E-state index contributed by atoms with van der Waals surface area (Å²) in [7, 11) is 0. The Morgan fingerprint density at radius 3 is 2.69 bits per heavy atom. The molecule has 2 heterocycles. The third-order valence-corrected chi connectivity index (χ3v) is 2.87. The van der Waals surface area contributed by atoms with Gasteiger partial charge in [-0.1, -0.05) is 20.8 Å². The molecule has 0 amide bonds. The van der Waals surface area contributed by atoms with Crippen LogP contribution >= 0.6 is 0 Å². The zero-order chi connectivity index (χ0) is 11.8. The highest BCUT2D eigenvalue weighted by molar-refractivity contribution is 5.82. The molecule has 86 valence electrons. The van der Waals surface area contributed by atoms with Crippen molar-refractivity contribution in [2.75, 3.05) is 5.32 Å². The summed E-state index contributed by atoms with van der Waals surface area (Å²) in [6, 6.07) is 0.308. The van der Waals surface area contributed by atoms with Crippen LogP contribution in [0.4, 0.5) is 5.82 Å². The van der Waals surface area contributed by atoms with Gasteiger partial charge < -0.3 is 10.3 Å². The van der Waals surface area contributed by atoms with Crippen molar-refractivity contribution in [2.24, 2.45) is 5.41 Å². The third-order valence-electron chi connectivity index (χ3n) is 2.87. The molecule has 0 aliphatic heterocycles. The molecule has 2 N–H and O–H groups in total. The Balaban J connectivity index is 2.31. The summed E-state index contributed by atoms with van der Waals surface area (Å²) >= 11 is 0. The normalized spacial score (nSPS) is 14.0. The minimum Gasteiger partial charge on any atom is -0.365 e. The molecule has 2 aromatic heterocycles. The van der Waals surface area contributed by atoms with Crippen molar-refractivity contribution in [3.63, 3.8) is 0 Å². The van der Waals surface area contributed by atoms with Crippen molar-refractivity contribution in [3.8, 4) is 0 Å². The first-order valence-corrected chi connectivity index (χ1v) is 5.39. The summed E-state index contributed by atoms with van der Waals surface area (Å²) in [4.78, 5) is 15.5. The molecule has 0 saturated heterocycles. The first kappa shape index (κ1) is 10.9. The Labute approximate surface area is 94.7 Å². The van der Waals surface area contributed by atoms with Crippen LogP contribution < -0.4 is 5.32 Å². The van der Waals surface area contributed by atoms with Crippen LogP contribution in [0.15, 0.2) is 12.7 Å². The lowest BCUT2D eigenvalue weighted by Crippen LogP contribution is -2.31. The largest absolute Gasteiger partial charge is 0.365 e. The number of aromatic nitrogens is 4. The van der Waals surface area contributed by atoms with Crippen LogP contribution in [0, 0.1) is 5.41 Å². The predicted molar refractivity (Wildman–Crippen MR) is 64.2 cm³/mol. The predicted octanol–water partition coefficient (Wildman–Crippen LogP) is 2.20. The number of anilines is 1. The Kier molecular flexibility index (Phi) is 2.53. The van der Waals surface area contributed by atoms with Crippen LogP contribution in [-0.2, 0) is 0 Å². The van der Waals surface area contributed by atoms with Crippen LogP contribution in [0.3, 0.4) is 0 Å². The van der Waals surface area contributed by atoms with Gasteiger partial charge in [0.15, 0.2) is 11.5 Å². The lowest BCUT2D eigenvalue weighted by Gasteiger charge is -2.28. The van der Waals surface area contributed by atoms with Crippen molar-refractivity contribution in [1.82, 2.24) is 19.9 Å². The van der Waals surface area contributed by atoms with E-state index in [9.17, 15) is 0 Å². The molecule has 0 aliphatic rings. The molecule has 5 nitrogen and oxygen atoms in total. The monoisotopic (exact) mass is 219 g/mol. The zero-order valence-corrected chi connectivity index (χ0v) is 10.1. The Morgan fingerprint density at radius 2 is 2.00 bits per heavy atom. The number of nitrogens with zero attached hydrogens (tertiary/aromatic N) is 3. The number of fused-ring (bicyclic) bond motifs is 1. The lowest BCUT2D eigenvalue weighted by atomic mass is 9.88. The highest BCUT2D eigenvalue weighted by Gasteiger charge is 2.21. The van der Waals surface area contributed by atoms with E-state index in [1.54, 1.807) is 6.33 Å². The first-order chi connectivity index (χ1) is 7.48.